The number of hydrogen-bond acceptors (Lipinski definition) is 4. The van der Waals surface area contributed by atoms with E-state index in [1.807, 2.05) is 37.3 Å². The summed E-state index contributed by atoms with van der Waals surface area (Å²) in [4.78, 5) is 12.5. The van der Waals surface area contributed by atoms with Gasteiger partial charge in [-0.1, -0.05) is 30.3 Å². The standard InChI is InChI=1S/C18H21F3N6OS/c1-10-8-14(18(19,20)21)27-15(23-10)13(9-22-27)16(28)25-26-17(29)24-11(2)12-6-4-3-5-7-12/h3-7,9-11,14,23H,8H2,1-2H3,(H,25,28)(H2,24,26,29)/t10-,11-,14-/m0/s1. The molecule has 1 amide bonds. The highest BCUT2D eigenvalue weighted by Gasteiger charge is 2.46. The summed E-state index contributed by atoms with van der Waals surface area (Å²) in [7, 11) is 0. The molecule has 0 bridgehead atoms. The predicted octanol–water partition coefficient (Wildman–Crippen LogP) is 3.06. The Hall–Kier alpha value is -2.82. The lowest BCUT2D eigenvalue weighted by Crippen LogP contribution is -2.47. The molecule has 1 aromatic carbocycles. The van der Waals surface area contributed by atoms with Crippen LogP contribution in [-0.2, 0) is 0 Å². The van der Waals surface area contributed by atoms with Crippen molar-refractivity contribution in [1.29, 1.82) is 0 Å². The first-order valence-corrected chi connectivity index (χ1v) is 9.40. The third-order valence-electron chi connectivity index (χ3n) is 4.61. The van der Waals surface area contributed by atoms with E-state index in [1.165, 1.54) is 0 Å². The largest absolute Gasteiger partial charge is 0.410 e. The Labute approximate surface area is 171 Å². The number of alkyl halides is 3. The third-order valence-corrected chi connectivity index (χ3v) is 4.83. The van der Waals surface area contributed by atoms with Gasteiger partial charge < -0.3 is 10.6 Å². The van der Waals surface area contributed by atoms with Gasteiger partial charge in [-0.05, 0) is 38.0 Å². The summed E-state index contributed by atoms with van der Waals surface area (Å²) < 4.78 is 40.7. The van der Waals surface area contributed by atoms with Crippen molar-refractivity contribution < 1.29 is 18.0 Å². The van der Waals surface area contributed by atoms with Crippen molar-refractivity contribution in [3.05, 3.63) is 47.7 Å². The summed E-state index contributed by atoms with van der Waals surface area (Å²) in [6.07, 6.45) is -3.51. The van der Waals surface area contributed by atoms with E-state index in [9.17, 15) is 18.0 Å². The van der Waals surface area contributed by atoms with Crippen LogP contribution in [-0.4, -0.2) is 33.0 Å². The fourth-order valence-corrected chi connectivity index (χ4v) is 3.37. The van der Waals surface area contributed by atoms with E-state index >= 15 is 0 Å². The van der Waals surface area contributed by atoms with E-state index in [0.29, 0.717) is 0 Å². The second kappa shape index (κ2) is 8.27. The van der Waals surface area contributed by atoms with Gasteiger partial charge in [-0.25, -0.2) is 4.68 Å². The number of halogens is 3. The van der Waals surface area contributed by atoms with Crippen molar-refractivity contribution in [3.8, 4) is 0 Å². The average Bonchev–Trinajstić information content (AvgIpc) is 3.09. The normalized spacial score (nSPS) is 19.5. The van der Waals surface area contributed by atoms with Crippen LogP contribution in [0.1, 0.15) is 48.3 Å². The number of hydrogen-bond donors (Lipinski definition) is 4. The van der Waals surface area contributed by atoms with Crippen LogP contribution in [0, 0.1) is 0 Å². The topological polar surface area (TPSA) is 83.0 Å². The van der Waals surface area contributed by atoms with E-state index in [2.05, 4.69) is 26.6 Å². The number of nitrogens with one attached hydrogen (secondary N) is 4. The summed E-state index contributed by atoms with van der Waals surface area (Å²) in [6.45, 7) is 3.53. The van der Waals surface area contributed by atoms with Crippen LogP contribution in [0.4, 0.5) is 19.0 Å². The van der Waals surface area contributed by atoms with E-state index in [-0.39, 0.29) is 29.0 Å². The van der Waals surface area contributed by atoms with Crippen LogP contribution in [0.5, 0.6) is 0 Å². The number of fused-ring (bicyclic) bond motifs is 1. The highest BCUT2D eigenvalue weighted by atomic mass is 32.1. The van der Waals surface area contributed by atoms with Gasteiger partial charge in [0.1, 0.15) is 11.4 Å². The number of anilines is 1. The zero-order valence-electron chi connectivity index (χ0n) is 15.7. The van der Waals surface area contributed by atoms with Gasteiger partial charge in [-0.2, -0.15) is 18.3 Å². The van der Waals surface area contributed by atoms with E-state index in [1.54, 1.807) is 6.92 Å². The summed E-state index contributed by atoms with van der Waals surface area (Å²) in [5, 5.41) is 9.85. The fraction of sp³-hybridized carbons (Fsp3) is 0.389. The maximum absolute atomic E-state index is 13.3. The van der Waals surface area contributed by atoms with Crippen LogP contribution in [0.25, 0.3) is 0 Å². The van der Waals surface area contributed by atoms with Crippen molar-refractivity contribution in [1.82, 2.24) is 25.9 Å². The lowest BCUT2D eigenvalue weighted by atomic mass is 10.1. The van der Waals surface area contributed by atoms with Gasteiger partial charge in [0.15, 0.2) is 11.2 Å². The minimum atomic E-state index is -4.46. The Morgan fingerprint density at radius 1 is 1.31 bits per heavy atom. The number of aromatic nitrogens is 2. The van der Waals surface area contributed by atoms with Crippen molar-refractivity contribution in [2.24, 2.45) is 0 Å². The number of amides is 1. The number of carbonyl (C=O) groups excluding carboxylic acids is 1. The molecule has 0 saturated carbocycles. The lowest BCUT2D eigenvalue weighted by Gasteiger charge is -2.32. The molecule has 3 atom stereocenters. The summed E-state index contributed by atoms with van der Waals surface area (Å²) in [5.41, 5.74) is 5.96. The van der Waals surface area contributed by atoms with Crippen LogP contribution < -0.4 is 21.5 Å². The Bertz CT molecular complexity index is 885. The number of rotatable bonds is 3. The highest BCUT2D eigenvalue weighted by molar-refractivity contribution is 7.80. The highest BCUT2D eigenvalue weighted by Crippen LogP contribution is 2.39. The molecule has 3 rings (SSSR count). The summed E-state index contributed by atoms with van der Waals surface area (Å²) in [5.74, 6) is -0.618. The molecular weight excluding hydrogens is 405 g/mol. The molecule has 1 aromatic heterocycles. The summed E-state index contributed by atoms with van der Waals surface area (Å²) in [6, 6.07) is 7.22. The minimum absolute atomic E-state index is 0.00259. The minimum Gasteiger partial charge on any atom is -0.367 e. The maximum Gasteiger partial charge on any atom is 0.410 e. The molecule has 11 heteroatoms. The van der Waals surface area contributed by atoms with Crippen molar-refractivity contribution in [2.45, 2.75) is 44.6 Å². The first-order chi connectivity index (χ1) is 13.7. The molecule has 0 unspecified atom stereocenters. The van der Waals surface area contributed by atoms with Gasteiger partial charge in [0, 0.05) is 6.04 Å². The number of hydrazine groups is 1. The molecule has 7 nitrogen and oxygen atoms in total. The zero-order valence-corrected chi connectivity index (χ0v) is 16.6. The van der Waals surface area contributed by atoms with Crippen LogP contribution in [0.2, 0.25) is 0 Å². The van der Waals surface area contributed by atoms with Crippen molar-refractivity contribution in [3.63, 3.8) is 0 Å². The first kappa shape index (κ1) is 20.9. The molecule has 1 aliphatic rings. The van der Waals surface area contributed by atoms with E-state index in [0.717, 1.165) is 16.4 Å². The third kappa shape index (κ3) is 4.78. The molecule has 0 fully saturated rings. The average molecular weight is 426 g/mol. The summed E-state index contributed by atoms with van der Waals surface area (Å²) >= 11 is 5.16. The van der Waals surface area contributed by atoms with Gasteiger partial charge in [0.05, 0.1) is 12.2 Å². The van der Waals surface area contributed by atoms with E-state index < -0.39 is 24.2 Å². The molecule has 156 valence electrons. The van der Waals surface area contributed by atoms with Gasteiger partial charge in [0.2, 0.25) is 0 Å². The Balaban J connectivity index is 1.63. The number of carbonyl (C=O) groups is 1. The number of thiocarbonyl (C=S) groups is 1. The Kier molecular flexibility index (Phi) is 5.96. The molecule has 4 N–H and O–H groups in total. The SMILES string of the molecule is C[C@H](NC(=S)NNC(=O)c1cnn2c1N[C@@H](C)C[C@H]2C(F)(F)F)c1ccccc1. The van der Waals surface area contributed by atoms with Crippen molar-refractivity contribution >= 4 is 29.1 Å². The second-order valence-corrected chi connectivity index (χ2v) is 7.28. The van der Waals surface area contributed by atoms with Crippen LogP contribution in [0.15, 0.2) is 36.5 Å². The first-order valence-electron chi connectivity index (χ1n) is 8.99. The molecule has 0 saturated heterocycles. The van der Waals surface area contributed by atoms with Gasteiger partial charge in [-0.3, -0.25) is 15.6 Å². The lowest BCUT2D eigenvalue weighted by molar-refractivity contribution is -0.173. The maximum atomic E-state index is 13.3. The molecule has 0 spiro atoms. The zero-order chi connectivity index (χ0) is 21.2. The van der Waals surface area contributed by atoms with Gasteiger partial charge in [0.25, 0.3) is 5.91 Å². The molecule has 2 aromatic rings. The quantitative estimate of drug-likeness (QED) is 0.446. The molecule has 1 aliphatic heterocycles. The molecule has 0 aliphatic carbocycles. The van der Waals surface area contributed by atoms with Crippen LogP contribution in [0.3, 0.4) is 0 Å². The Morgan fingerprint density at radius 3 is 2.66 bits per heavy atom. The van der Waals surface area contributed by atoms with Gasteiger partial charge >= 0.3 is 6.18 Å². The molecule has 0 radical (unpaired) electrons. The predicted molar refractivity (Wildman–Crippen MR) is 106 cm³/mol. The smallest absolute Gasteiger partial charge is 0.367 e. The van der Waals surface area contributed by atoms with Crippen LogP contribution >= 0.6 is 12.2 Å². The Morgan fingerprint density at radius 2 is 2.00 bits per heavy atom. The number of nitrogens with zero attached hydrogens (tertiary/aromatic N) is 2. The molecule has 2 heterocycles. The van der Waals surface area contributed by atoms with E-state index in [4.69, 9.17) is 12.2 Å². The fourth-order valence-electron chi connectivity index (χ4n) is 3.15. The second-order valence-electron chi connectivity index (χ2n) is 6.87. The number of benzene rings is 1. The van der Waals surface area contributed by atoms with Crippen molar-refractivity contribution in [2.75, 3.05) is 5.32 Å². The molecule has 29 heavy (non-hydrogen) atoms. The van der Waals surface area contributed by atoms with Gasteiger partial charge in [-0.15, -0.1) is 0 Å². The monoisotopic (exact) mass is 426 g/mol. The molecular formula is C18H21F3N6OS.